The number of aliphatic hydroxyl groups is 1. The summed E-state index contributed by atoms with van der Waals surface area (Å²) in [6.45, 7) is 9.04. The number of ether oxygens (including phenoxy) is 1. The number of aliphatic hydroxyl groups excluding tert-OH is 1. The number of nitrogens with zero attached hydrogens (tertiary/aromatic N) is 1. The number of hydrogen-bond donors (Lipinski definition) is 1. The zero-order chi connectivity index (χ0) is 15.8. The van der Waals surface area contributed by atoms with Crippen molar-refractivity contribution in [3.05, 3.63) is 0 Å². The van der Waals surface area contributed by atoms with Gasteiger partial charge in [-0.25, -0.2) is 9.28 Å². The summed E-state index contributed by atoms with van der Waals surface area (Å²) in [5, 5.41) is 8.74. The lowest BCUT2D eigenvalue weighted by Gasteiger charge is -2.29. The standard InChI is InChI=1S/C16H28NO4/c1-11(15(20)21-9-8-18)16(3,4)10-13-12(2)17(13)7-5-6-14(17)19/h11-13,18H,5-10H2,1-4H3/q+1. The average Bonchev–Trinajstić information content (AvgIpc) is 2.81. The summed E-state index contributed by atoms with van der Waals surface area (Å²) in [7, 11) is 0. The predicted molar refractivity (Wildman–Crippen MR) is 78.2 cm³/mol. The largest absolute Gasteiger partial charge is 0.463 e. The second kappa shape index (κ2) is 5.69. The Morgan fingerprint density at radius 1 is 1.52 bits per heavy atom. The molecule has 120 valence electrons. The van der Waals surface area contributed by atoms with Crippen LogP contribution in [0.1, 0.15) is 47.0 Å². The van der Waals surface area contributed by atoms with E-state index in [1.54, 1.807) is 0 Å². The van der Waals surface area contributed by atoms with Crippen molar-refractivity contribution in [3.63, 3.8) is 0 Å². The van der Waals surface area contributed by atoms with Crippen LogP contribution >= 0.6 is 0 Å². The molecular weight excluding hydrogens is 270 g/mol. The van der Waals surface area contributed by atoms with Crippen LogP contribution in [0.15, 0.2) is 0 Å². The highest BCUT2D eigenvalue weighted by Crippen LogP contribution is 2.51. The number of esters is 1. The summed E-state index contributed by atoms with van der Waals surface area (Å²) in [5.41, 5.74) is -0.212. The van der Waals surface area contributed by atoms with E-state index >= 15 is 0 Å². The quantitative estimate of drug-likeness (QED) is 0.458. The molecule has 1 amide bonds. The molecule has 2 saturated heterocycles. The van der Waals surface area contributed by atoms with Gasteiger partial charge >= 0.3 is 11.9 Å². The lowest BCUT2D eigenvalue weighted by atomic mass is 9.76. The fourth-order valence-electron chi connectivity index (χ4n) is 3.89. The molecule has 5 nitrogen and oxygen atoms in total. The molecule has 0 saturated carbocycles. The summed E-state index contributed by atoms with van der Waals surface area (Å²) in [6, 6.07) is 0.739. The molecule has 4 unspecified atom stereocenters. The van der Waals surface area contributed by atoms with Crippen LogP contribution in [0.2, 0.25) is 0 Å². The summed E-state index contributed by atoms with van der Waals surface area (Å²) >= 11 is 0. The molecule has 2 aliphatic heterocycles. The van der Waals surface area contributed by atoms with Crippen molar-refractivity contribution in [2.45, 2.75) is 59.0 Å². The van der Waals surface area contributed by atoms with E-state index in [9.17, 15) is 9.59 Å². The molecule has 0 radical (unpaired) electrons. The van der Waals surface area contributed by atoms with E-state index in [0.29, 0.717) is 28.9 Å². The van der Waals surface area contributed by atoms with Gasteiger partial charge in [-0.15, -0.1) is 0 Å². The molecule has 2 rings (SSSR count). The minimum absolute atomic E-state index is 0.0531. The molecule has 0 aromatic heterocycles. The van der Waals surface area contributed by atoms with Gasteiger partial charge in [0.15, 0.2) is 0 Å². The van der Waals surface area contributed by atoms with Crippen molar-refractivity contribution in [2.24, 2.45) is 11.3 Å². The Kier molecular flexibility index (Phi) is 4.45. The van der Waals surface area contributed by atoms with Gasteiger partial charge in [0, 0.05) is 12.8 Å². The fraction of sp³-hybridized carbons (Fsp3) is 0.875. The molecule has 0 aliphatic carbocycles. The Morgan fingerprint density at radius 3 is 2.71 bits per heavy atom. The lowest BCUT2D eigenvalue weighted by molar-refractivity contribution is -0.738. The number of amides is 1. The van der Waals surface area contributed by atoms with Gasteiger partial charge in [0.2, 0.25) is 0 Å². The first-order valence-electron chi connectivity index (χ1n) is 7.95. The van der Waals surface area contributed by atoms with Crippen LogP contribution in [0, 0.1) is 11.3 Å². The number of quaternary nitrogens is 1. The van der Waals surface area contributed by atoms with Crippen molar-refractivity contribution < 1.29 is 23.9 Å². The zero-order valence-corrected chi connectivity index (χ0v) is 13.6. The Morgan fingerprint density at radius 2 is 2.19 bits per heavy atom. The fourth-order valence-corrected chi connectivity index (χ4v) is 3.89. The van der Waals surface area contributed by atoms with E-state index in [-0.39, 0.29) is 30.5 Å². The first-order valence-corrected chi connectivity index (χ1v) is 7.95. The van der Waals surface area contributed by atoms with Gasteiger partial charge in [0.25, 0.3) is 0 Å². The van der Waals surface area contributed by atoms with Crippen LogP contribution in [-0.2, 0) is 14.3 Å². The van der Waals surface area contributed by atoms with Crippen molar-refractivity contribution >= 4 is 11.9 Å². The second-order valence-electron chi connectivity index (χ2n) is 7.26. The van der Waals surface area contributed by atoms with E-state index in [2.05, 4.69) is 20.8 Å². The van der Waals surface area contributed by atoms with Crippen molar-refractivity contribution in [1.82, 2.24) is 0 Å². The first-order chi connectivity index (χ1) is 9.77. The molecule has 1 N–H and O–H groups in total. The summed E-state index contributed by atoms with van der Waals surface area (Å²) in [5.74, 6) is -0.130. The van der Waals surface area contributed by atoms with E-state index in [1.807, 2.05) is 6.92 Å². The Labute approximate surface area is 126 Å². The molecule has 21 heavy (non-hydrogen) atoms. The minimum atomic E-state index is -0.262. The molecule has 0 aromatic rings. The van der Waals surface area contributed by atoms with E-state index in [1.165, 1.54) is 0 Å². The highest BCUT2D eigenvalue weighted by Gasteiger charge is 2.70. The summed E-state index contributed by atoms with van der Waals surface area (Å²) in [4.78, 5) is 24.2. The summed E-state index contributed by atoms with van der Waals surface area (Å²) in [6.07, 6.45) is 2.55. The minimum Gasteiger partial charge on any atom is -0.463 e. The van der Waals surface area contributed by atoms with E-state index in [4.69, 9.17) is 9.84 Å². The highest BCUT2D eigenvalue weighted by molar-refractivity contribution is 5.74. The zero-order valence-electron chi connectivity index (χ0n) is 13.6. The van der Waals surface area contributed by atoms with Crippen LogP contribution in [0.3, 0.4) is 0 Å². The van der Waals surface area contributed by atoms with Crippen molar-refractivity contribution in [2.75, 3.05) is 19.8 Å². The van der Waals surface area contributed by atoms with Crippen LogP contribution in [0.25, 0.3) is 0 Å². The molecule has 2 aliphatic rings. The van der Waals surface area contributed by atoms with E-state index < -0.39 is 0 Å². The topological polar surface area (TPSA) is 63.6 Å². The van der Waals surface area contributed by atoms with Crippen LogP contribution < -0.4 is 0 Å². The normalized spacial score (nSPS) is 33.3. The van der Waals surface area contributed by atoms with Gasteiger partial charge in [-0.2, -0.15) is 0 Å². The molecule has 2 heterocycles. The van der Waals surface area contributed by atoms with Gasteiger partial charge in [-0.1, -0.05) is 20.8 Å². The molecule has 4 atom stereocenters. The lowest BCUT2D eigenvalue weighted by Crippen LogP contribution is -2.36. The number of carbonyl (C=O) groups excluding carboxylic acids is 2. The highest BCUT2D eigenvalue weighted by atomic mass is 16.5. The predicted octanol–water partition coefficient (Wildman–Crippen LogP) is 1.48. The maximum absolute atomic E-state index is 12.2. The van der Waals surface area contributed by atoms with E-state index in [0.717, 1.165) is 19.4 Å². The Hall–Kier alpha value is -0.940. The van der Waals surface area contributed by atoms with Gasteiger partial charge in [-0.05, 0) is 12.3 Å². The molecule has 0 aromatic carbocycles. The first kappa shape index (κ1) is 16.4. The Bertz CT molecular complexity index is 434. The van der Waals surface area contributed by atoms with Crippen LogP contribution in [0.4, 0.5) is 0 Å². The van der Waals surface area contributed by atoms with Gasteiger partial charge in [0.1, 0.15) is 18.7 Å². The third-order valence-electron chi connectivity index (χ3n) is 5.77. The smallest absolute Gasteiger partial charge is 0.314 e. The monoisotopic (exact) mass is 298 g/mol. The Balaban J connectivity index is 1.98. The van der Waals surface area contributed by atoms with Crippen molar-refractivity contribution in [1.29, 1.82) is 0 Å². The third kappa shape index (κ3) is 2.73. The number of hydrogen-bond acceptors (Lipinski definition) is 4. The second-order valence-corrected chi connectivity index (χ2v) is 7.26. The molecule has 5 heteroatoms. The van der Waals surface area contributed by atoms with Crippen molar-refractivity contribution in [3.8, 4) is 0 Å². The molecule has 1 spiro atoms. The van der Waals surface area contributed by atoms with Crippen LogP contribution in [0.5, 0.6) is 0 Å². The molecular formula is C16H28NO4+. The maximum Gasteiger partial charge on any atom is 0.314 e. The molecule has 2 fully saturated rings. The third-order valence-corrected chi connectivity index (χ3v) is 5.77. The van der Waals surface area contributed by atoms with Gasteiger partial charge < -0.3 is 9.84 Å². The van der Waals surface area contributed by atoms with Gasteiger partial charge in [-0.3, -0.25) is 4.79 Å². The molecule has 0 bridgehead atoms. The number of carbonyl (C=O) groups is 2. The maximum atomic E-state index is 12.2. The number of rotatable bonds is 6. The van der Waals surface area contributed by atoms with Crippen LogP contribution in [-0.4, -0.2) is 53.3 Å². The SMILES string of the molecule is CC(C(=O)OCCO)C(C)(C)CC1C(C)[N+]12CCCC2=O. The summed E-state index contributed by atoms with van der Waals surface area (Å²) < 4.78 is 5.69. The average molecular weight is 298 g/mol. The van der Waals surface area contributed by atoms with Gasteiger partial charge in [0.05, 0.1) is 25.5 Å².